The Labute approximate surface area is 227 Å². The monoisotopic (exact) mass is 556 g/mol. The molecule has 198 valence electrons. The number of allylic oxidation sites excluding steroid dienone is 1. The maximum absolute atomic E-state index is 13.7. The van der Waals surface area contributed by atoms with Gasteiger partial charge in [0.1, 0.15) is 12.4 Å². The molecule has 0 saturated heterocycles. The molecule has 1 aliphatic rings. The number of carbonyl (C=O) groups excluding carboxylic acids is 2. The molecule has 4 rings (SSSR count). The van der Waals surface area contributed by atoms with Gasteiger partial charge in [-0.3, -0.25) is 9.36 Å². The van der Waals surface area contributed by atoms with Crippen molar-refractivity contribution in [2.75, 3.05) is 34.0 Å². The third kappa shape index (κ3) is 6.04. The number of methoxy groups -OCH3 is 2. The van der Waals surface area contributed by atoms with Crippen molar-refractivity contribution in [3.05, 3.63) is 95.6 Å². The van der Waals surface area contributed by atoms with Gasteiger partial charge in [-0.05, 0) is 48.4 Å². The minimum Gasteiger partial charge on any atom is -0.482 e. The van der Waals surface area contributed by atoms with Gasteiger partial charge in [0.2, 0.25) is 0 Å². The lowest BCUT2D eigenvalue weighted by Gasteiger charge is -2.24. The van der Waals surface area contributed by atoms with Gasteiger partial charge in [0.15, 0.2) is 11.4 Å². The zero-order valence-corrected chi connectivity index (χ0v) is 22.5. The van der Waals surface area contributed by atoms with E-state index in [-0.39, 0.29) is 31.0 Å². The van der Waals surface area contributed by atoms with Crippen molar-refractivity contribution in [2.45, 2.75) is 13.0 Å². The van der Waals surface area contributed by atoms with Crippen molar-refractivity contribution in [2.24, 2.45) is 4.99 Å². The molecule has 0 bridgehead atoms. The van der Waals surface area contributed by atoms with Crippen LogP contribution in [0.4, 0.5) is 0 Å². The van der Waals surface area contributed by atoms with Crippen molar-refractivity contribution < 1.29 is 28.5 Å². The normalized spacial score (nSPS) is 15.1. The number of halogens is 1. The number of rotatable bonds is 9. The van der Waals surface area contributed by atoms with Crippen LogP contribution in [0.25, 0.3) is 6.08 Å². The number of hydrogen-bond acceptors (Lipinski definition) is 9. The molecule has 0 saturated carbocycles. The molecule has 1 atom stereocenters. The summed E-state index contributed by atoms with van der Waals surface area (Å²) < 4.78 is 22.4. The minimum absolute atomic E-state index is 0.0677. The lowest BCUT2D eigenvalue weighted by atomic mass is 9.96. The Balaban J connectivity index is 1.78. The van der Waals surface area contributed by atoms with Crippen molar-refractivity contribution in [1.29, 1.82) is 0 Å². The first kappa shape index (κ1) is 27.3. The van der Waals surface area contributed by atoms with E-state index in [1.807, 2.05) is 6.07 Å². The highest BCUT2D eigenvalue weighted by Gasteiger charge is 2.33. The zero-order valence-electron chi connectivity index (χ0n) is 20.9. The molecule has 1 unspecified atom stereocenters. The van der Waals surface area contributed by atoms with Gasteiger partial charge in [-0.15, -0.1) is 0 Å². The van der Waals surface area contributed by atoms with Crippen molar-refractivity contribution in [3.8, 4) is 5.75 Å². The first-order valence-electron chi connectivity index (χ1n) is 11.6. The van der Waals surface area contributed by atoms with E-state index in [4.69, 9.17) is 25.8 Å². The first-order valence-corrected chi connectivity index (χ1v) is 12.8. The lowest BCUT2D eigenvalue weighted by Crippen LogP contribution is -2.40. The van der Waals surface area contributed by atoms with Crippen molar-refractivity contribution in [1.82, 2.24) is 4.57 Å². The van der Waals surface area contributed by atoms with Crippen LogP contribution < -0.4 is 19.6 Å². The van der Waals surface area contributed by atoms with Crippen LogP contribution in [-0.2, 0) is 23.8 Å². The van der Waals surface area contributed by atoms with Crippen LogP contribution in [-0.4, -0.2) is 50.5 Å². The first-order chi connectivity index (χ1) is 18.3. The molecule has 0 aliphatic carbocycles. The number of nitrogens with zero attached hydrogens (tertiary/aromatic N) is 2. The van der Waals surface area contributed by atoms with Gasteiger partial charge < -0.3 is 18.9 Å². The number of aromatic nitrogens is 1. The number of hydrogen-bond donors (Lipinski definition) is 0. The van der Waals surface area contributed by atoms with Crippen LogP contribution >= 0.6 is 22.9 Å². The number of carbonyl (C=O) groups is 2. The molecule has 1 aliphatic heterocycles. The van der Waals surface area contributed by atoms with Crippen LogP contribution in [0.15, 0.2) is 69.6 Å². The quantitative estimate of drug-likeness (QED) is 0.295. The maximum atomic E-state index is 13.7. The number of benzene rings is 2. The Kier molecular flexibility index (Phi) is 8.77. The molecule has 0 fully saturated rings. The summed E-state index contributed by atoms with van der Waals surface area (Å²) in [5.74, 6) is -0.626. The Morgan fingerprint density at radius 1 is 1.13 bits per heavy atom. The van der Waals surface area contributed by atoms with Crippen molar-refractivity contribution >= 4 is 41.0 Å². The Hall–Kier alpha value is -3.73. The molecule has 1 aromatic heterocycles. The SMILES string of the molecule is COCCOC(=O)C1=C(C)N=c2sc(=Cc3cccc(OCC(=O)OC)c3)c(=O)n2C1c1ccc(Cl)cc1. The number of esters is 2. The predicted molar refractivity (Wildman–Crippen MR) is 142 cm³/mol. The maximum Gasteiger partial charge on any atom is 0.343 e. The van der Waals surface area contributed by atoms with Gasteiger partial charge in [-0.25, -0.2) is 14.6 Å². The van der Waals surface area contributed by atoms with E-state index in [1.165, 1.54) is 30.1 Å². The Morgan fingerprint density at radius 3 is 2.61 bits per heavy atom. The average Bonchev–Trinajstić information content (AvgIpc) is 3.21. The van der Waals surface area contributed by atoms with E-state index in [9.17, 15) is 14.4 Å². The second-order valence-electron chi connectivity index (χ2n) is 8.20. The zero-order chi connectivity index (χ0) is 27.2. The Bertz CT molecular complexity index is 1560. The Morgan fingerprint density at radius 2 is 1.89 bits per heavy atom. The smallest absolute Gasteiger partial charge is 0.343 e. The highest BCUT2D eigenvalue weighted by molar-refractivity contribution is 7.07. The molecule has 0 N–H and O–H groups in total. The van der Waals surface area contributed by atoms with Gasteiger partial charge in [0.25, 0.3) is 5.56 Å². The average molecular weight is 557 g/mol. The fourth-order valence-corrected chi connectivity index (χ4v) is 5.06. The van der Waals surface area contributed by atoms with E-state index < -0.39 is 18.0 Å². The third-order valence-electron chi connectivity index (χ3n) is 5.69. The number of ether oxygens (including phenoxy) is 4. The number of fused-ring (bicyclic) bond motifs is 1. The van der Waals surface area contributed by atoms with Gasteiger partial charge in [0.05, 0.1) is 35.6 Å². The minimum atomic E-state index is -0.754. The van der Waals surface area contributed by atoms with Crippen LogP contribution in [0, 0.1) is 0 Å². The fraction of sp³-hybridized carbons (Fsp3) is 0.259. The van der Waals surface area contributed by atoms with Crippen LogP contribution in [0.1, 0.15) is 24.1 Å². The standard InChI is InChI=1S/C27H25ClN2O7S/c1-16-23(26(33)36-12-11-34-2)24(18-7-9-19(28)10-8-18)30-25(32)21(38-27(30)29-16)14-17-5-4-6-20(13-17)37-15-22(31)35-3/h4-10,13-14,24H,11-12,15H2,1-3H3. The summed E-state index contributed by atoms with van der Waals surface area (Å²) >= 11 is 7.31. The van der Waals surface area contributed by atoms with Gasteiger partial charge >= 0.3 is 11.9 Å². The summed E-state index contributed by atoms with van der Waals surface area (Å²) in [6.45, 7) is 1.80. The van der Waals surface area contributed by atoms with Crippen molar-refractivity contribution in [3.63, 3.8) is 0 Å². The predicted octanol–water partition coefficient (Wildman–Crippen LogP) is 2.63. The van der Waals surface area contributed by atoms with Gasteiger partial charge in [-0.1, -0.05) is 47.2 Å². The van der Waals surface area contributed by atoms with E-state index in [1.54, 1.807) is 55.5 Å². The second-order valence-corrected chi connectivity index (χ2v) is 9.64. The molecule has 2 aromatic carbocycles. The van der Waals surface area contributed by atoms with Crippen LogP contribution in [0.3, 0.4) is 0 Å². The van der Waals surface area contributed by atoms with E-state index in [0.29, 0.717) is 36.9 Å². The lowest BCUT2D eigenvalue weighted by molar-refractivity contribution is -0.143. The molecule has 9 nitrogen and oxygen atoms in total. The summed E-state index contributed by atoms with van der Waals surface area (Å²) in [6.07, 6.45) is 1.71. The molecule has 38 heavy (non-hydrogen) atoms. The molecule has 2 heterocycles. The molecular weight excluding hydrogens is 532 g/mol. The summed E-state index contributed by atoms with van der Waals surface area (Å²) in [4.78, 5) is 43.3. The summed E-state index contributed by atoms with van der Waals surface area (Å²) in [7, 11) is 2.80. The summed E-state index contributed by atoms with van der Waals surface area (Å²) in [6, 6.07) is 13.2. The van der Waals surface area contributed by atoms with Gasteiger partial charge in [0, 0.05) is 12.1 Å². The molecule has 0 amide bonds. The highest BCUT2D eigenvalue weighted by atomic mass is 35.5. The van der Waals surface area contributed by atoms with E-state index >= 15 is 0 Å². The molecular formula is C27H25ClN2O7S. The van der Waals surface area contributed by atoms with Crippen LogP contribution in [0.5, 0.6) is 5.75 Å². The summed E-state index contributed by atoms with van der Waals surface area (Å²) in [5, 5.41) is 0.528. The fourth-order valence-electron chi connectivity index (χ4n) is 3.89. The second kappa shape index (κ2) is 12.2. The molecule has 11 heteroatoms. The topological polar surface area (TPSA) is 105 Å². The van der Waals surface area contributed by atoms with Crippen LogP contribution in [0.2, 0.25) is 5.02 Å². The highest BCUT2D eigenvalue weighted by Crippen LogP contribution is 2.31. The molecule has 3 aromatic rings. The largest absolute Gasteiger partial charge is 0.482 e. The molecule has 0 radical (unpaired) electrons. The van der Waals surface area contributed by atoms with Gasteiger partial charge in [-0.2, -0.15) is 0 Å². The van der Waals surface area contributed by atoms with E-state index in [2.05, 4.69) is 9.73 Å². The molecule has 0 spiro atoms. The van der Waals surface area contributed by atoms with E-state index in [0.717, 1.165) is 0 Å². The number of thiazole rings is 1. The third-order valence-corrected chi connectivity index (χ3v) is 6.92. The summed E-state index contributed by atoms with van der Waals surface area (Å²) in [5.41, 5.74) is 1.78.